The summed E-state index contributed by atoms with van der Waals surface area (Å²) in [6, 6.07) is 1.54. The van der Waals surface area contributed by atoms with Crippen molar-refractivity contribution < 1.29 is 35.9 Å². The van der Waals surface area contributed by atoms with Crippen LogP contribution in [0.15, 0.2) is 30.9 Å². The van der Waals surface area contributed by atoms with Gasteiger partial charge in [-0.1, -0.05) is 17.9 Å². The second kappa shape index (κ2) is 12.0. The maximum absolute atomic E-state index is 15.5. The number of rotatable bonds is 6. The molecule has 3 aliphatic heterocycles. The Morgan fingerprint density at radius 2 is 1.90 bits per heavy atom. The molecule has 0 bridgehead atoms. The molecule has 3 fully saturated rings. The molecule has 2 N–H and O–H groups in total. The van der Waals surface area contributed by atoms with E-state index in [-0.39, 0.29) is 76.1 Å². The van der Waals surface area contributed by atoms with Crippen LogP contribution in [0.2, 0.25) is 0 Å². The molecule has 3 saturated heterocycles. The average Bonchev–Trinajstić information content (AvgIpc) is 3.70. The molecule has 7 rings (SSSR count). The Morgan fingerprint density at radius 1 is 1.12 bits per heavy atom. The number of alkyl halides is 4. The lowest BCUT2D eigenvalue weighted by molar-refractivity contribution is -0.137. The number of anilines is 2. The number of fused-ring (bicyclic) bond motifs is 3. The smallest absolute Gasteiger partial charge is 0.417 e. The number of halogens is 6. The summed E-state index contributed by atoms with van der Waals surface area (Å²) in [5, 5.41) is -0.136. The molecule has 0 radical (unpaired) electrons. The van der Waals surface area contributed by atoms with Gasteiger partial charge in [-0.25, -0.2) is 18.2 Å². The van der Waals surface area contributed by atoms with Crippen molar-refractivity contribution in [2.75, 3.05) is 43.4 Å². The zero-order valence-corrected chi connectivity index (χ0v) is 27.5. The van der Waals surface area contributed by atoms with E-state index in [1.165, 1.54) is 6.08 Å². The second-order valence-electron chi connectivity index (χ2n) is 13.1. The molecule has 3 aliphatic rings. The van der Waals surface area contributed by atoms with Gasteiger partial charge in [0.05, 0.1) is 26.8 Å². The highest BCUT2D eigenvalue weighted by molar-refractivity contribution is 7.22. The summed E-state index contributed by atoms with van der Waals surface area (Å²) in [5.74, 6) is -2.41. The number of aromatic nitrogens is 3. The number of amides is 1. The molecule has 4 aromatic rings. The minimum Gasteiger partial charge on any atom is -0.461 e. The minimum atomic E-state index is -4.99. The molecule has 2 aromatic heterocycles. The first-order chi connectivity index (χ1) is 23.2. The fourth-order valence-corrected chi connectivity index (χ4v) is 8.39. The Hall–Kier alpha value is -4.18. The van der Waals surface area contributed by atoms with Crippen LogP contribution in [0.1, 0.15) is 38.7 Å². The summed E-state index contributed by atoms with van der Waals surface area (Å²) >= 11 is 0.693. The molecule has 0 aliphatic carbocycles. The number of carbonyl (C=O) groups excluding carboxylic acids is 1. The van der Waals surface area contributed by atoms with Gasteiger partial charge in [-0.2, -0.15) is 23.1 Å². The number of nitrogens with zero attached hydrogens (tertiary/aromatic N) is 6. The molecule has 1 amide bonds. The molecule has 0 saturated carbocycles. The summed E-state index contributed by atoms with van der Waals surface area (Å²) in [6.45, 7) is 8.71. The third-order valence-electron chi connectivity index (χ3n) is 9.91. The zero-order chi connectivity index (χ0) is 35.0. The van der Waals surface area contributed by atoms with Crippen LogP contribution >= 0.6 is 11.3 Å². The van der Waals surface area contributed by atoms with E-state index in [9.17, 15) is 26.7 Å². The Kier molecular flexibility index (Phi) is 8.16. The predicted octanol–water partition coefficient (Wildman–Crippen LogP) is 6.35. The highest BCUT2D eigenvalue weighted by Crippen LogP contribution is 2.46. The summed E-state index contributed by atoms with van der Waals surface area (Å²) < 4.78 is 95.4. The van der Waals surface area contributed by atoms with Crippen molar-refractivity contribution in [3.8, 4) is 17.1 Å². The van der Waals surface area contributed by atoms with Gasteiger partial charge in [0.1, 0.15) is 30.2 Å². The van der Waals surface area contributed by atoms with E-state index in [0.717, 1.165) is 25.1 Å². The molecule has 0 unspecified atom stereocenters. The van der Waals surface area contributed by atoms with Crippen LogP contribution in [0, 0.1) is 11.6 Å². The first kappa shape index (κ1) is 33.3. The first-order valence-electron chi connectivity index (χ1n) is 15.9. The van der Waals surface area contributed by atoms with Gasteiger partial charge >= 0.3 is 12.2 Å². The van der Waals surface area contributed by atoms with Crippen molar-refractivity contribution in [2.24, 2.45) is 0 Å². The lowest BCUT2D eigenvalue weighted by atomic mass is 9.95. The summed E-state index contributed by atoms with van der Waals surface area (Å²) in [4.78, 5) is 31.1. The van der Waals surface area contributed by atoms with E-state index >= 15 is 4.39 Å². The molecule has 0 spiro atoms. The van der Waals surface area contributed by atoms with E-state index in [0.29, 0.717) is 30.4 Å². The van der Waals surface area contributed by atoms with Crippen LogP contribution in [0.3, 0.4) is 0 Å². The van der Waals surface area contributed by atoms with Gasteiger partial charge in [0.25, 0.3) is 0 Å². The first-order valence-corrected chi connectivity index (χ1v) is 16.7. The van der Waals surface area contributed by atoms with Crippen LogP contribution in [0.5, 0.6) is 6.01 Å². The number of hydrogen-bond donors (Lipinski definition) is 1. The molecular formula is C33H33F6N7O2S. The summed E-state index contributed by atoms with van der Waals surface area (Å²) in [6.07, 6.45) is -2.95. The molecular weight excluding hydrogens is 672 g/mol. The second-order valence-corrected chi connectivity index (χ2v) is 14.1. The molecule has 5 heterocycles. The monoisotopic (exact) mass is 705 g/mol. The zero-order valence-electron chi connectivity index (χ0n) is 26.7. The number of benzene rings is 2. The quantitative estimate of drug-likeness (QED) is 0.183. The SMILES string of the molecule is C=CC(=O)N1C[C@H](C)N(c2nc(OC[C@@]34CCCN3C[C@H](F)C4)nc3cc(-c4c(F)cc(F)c5sc(N)nc45)c(C(F)(F)F)cc23)C[C@H]1C. The van der Waals surface area contributed by atoms with Crippen LogP contribution in [-0.4, -0.2) is 87.2 Å². The number of ether oxygens (including phenoxy) is 1. The molecule has 49 heavy (non-hydrogen) atoms. The Bertz CT molecular complexity index is 1990. The summed E-state index contributed by atoms with van der Waals surface area (Å²) in [5.41, 5.74) is 2.49. The maximum atomic E-state index is 15.5. The van der Waals surface area contributed by atoms with Crippen LogP contribution in [0.25, 0.3) is 32.2 Å². The van der Waals surface area contributed by atoms with E-state index in [2.05, 4.69) is 26.4 Å². The van der Waals surface area contributed by atoms with Crippen molar-refractivity contribution in [1.82, 2.24) is 24.8 Å². The number of nitrogens with two attached hydrogens (primary N) is 1. The van der Waals surface area contributed by atoms with Gasteiger partial charge < -0.3 is 20.3 Å². The van der Waals surface area contributed by atoms with Gasteiger partial charge in [0, 0.05) is 60.7 Å². The molecule has 260 valence electrons. The van der Waals surface area contributed by atoms with Gasteiger partial charge in [0.15, 0.2) is 5.13 Å². The number of carbonyl (C=O) groups is 1. The van der Waals surface area contributed by atoms with Crippen molar-refractivity contribution in [3.63, 3.8) is 0 Å². The lowest BCUT2D eigenvalue weighted by Crippen LogP contribution is -2.58. The average molecular weight is 706 g/mol. The Labute approximate surface area is 281 Å². The van der Waals surface area contributed by atoms with E-state index in [1.807, 2.05) is 13.8 Å². The van der Waals surface area contributed by atoms with E-state index < -0.39 is 52.3 Å². The molecule has 4 atom stereocenters. The Morgan fingerprint density at radius 3 is 2.63 bits per heavy atom. The van der Waals surface area contributed by atoms with Crippen molar-refractivity contribution in [3.05, 3.63) is 48.1 Å². The number of hydrogen-bond acceptors (Lipinski definition) is 9. The Balaban J connectivity index is 1.41. The van der Waals surface area contributed by atoms with E-state index in [4.69, 9.17) is 10.5 Å². The van der Waals surface area contributed by atoms with Crippen LogP contribution in [0.4, 0.5) is 37.3 Å². The summed E-state index contributed by atoms with van der Waals surface area (Å²) in [7, 11) is 0. The maximum Gasteiger partial charge on any atom is 0.417 e. The van der Waals surface area contributed by atoms with E-state index in [1.54, 1.807) is 9.80 Å². The van der Waals surface area contributed by atoms with Crippen LogP contribution in [-0.2, 0) is 11.0 Å². The van der Waals surface area contributed by atoms with Gasteiger partial charge in [0.2, 0.25) is 5.91 Å². The minimum absolute atomic E-state index is 0.00287. The topological polar surface area (TPSA) is 101 Å². The normalized spacial score (nSPS) is 24.6. The molecule has 9 nitrogen and oxygen atoms in total. The van der Waals surface area contributed by atoms with Crippen molar-refractivity contribution >= 4 is 49.3 Å². The van der Waals surface area contributed by atoms with Crippen molar-refractivity contribution in [2.45, 2.75) is 63.1 Å². The number of nitrogen functional groups attached to an aromatic ring is 1. The number of thiazole rings is 1. The van der Waals surface area contributed by atoms with Crippen LogP contribution < -0.4 is 15.4 Å². The highest BCUT2D eigenvalue weighted by Gasteiger charge is 2.49. The van der Waals surface area contributed by atoms with Gasteiger partial charge in [-0.3, -0.25) is 9.69 Å². The highest BCUT2D eigenvalue weighted by atomic mass is 32.1. The van der Waals surface area contributed by atoms with Gasteiger partial charge in [-0.15, -0.1) is 0 Å². The molecule has 16 heteroatoms. The predicted molar refractivity (Wildman–Crippen MR) is 174 cm³/mol. The fraction of sp³-hybridized carbons (Fsp3) is 0.455. The fourth-order valence-electron chi connectivity index (χ4n) is 7.64. The lowest BCUT2D eigenvalue weighted by Gasteiger charge is -2.44. The van der Waals surface area contributed by atoms with Crippen molar-refractivity contribution in [1.29, 1.82) is 0 Å². The number of piperazine rings is 1. The molecule has 2 aromatic carbocycles. The third-order valence-corrected chi connectivity index (χ3v) is 10.8. The largest absolute Gasteiger partial charge is 0.461 e. The standard InChI is InChI=1S/C33H33F6N7O2S/c1-4-25(47)45-12-17(3)46(13-16(45)2)29-20-8-21(33(37,38)39)19(26-22(35)10-23(36)28-27(26)42-30(40)49-28)9-24(20)41-31(43-29)48-15-32-6-5-7-44(32)14-18(34)11-32/h4,8-10,16-18H,1,5-7,11-15H2,2-3H3,(H2,40,42)/t16-,17+,18-,32+/m1/s1. The van der Waals surface area contributed by atoms with Gasteiger partial charge in [-0.05, 0) is 51.4 Å². The third kappa shape index (κ3) is 5.71.